The fourth-order valence-corrected chi connectivity index (χ4v) is 2.98. The quantitative estimate of drug-likeness (QED) is 0.353. The molecule has 166 valence electrons. The van der Waals surface area contributed by atoms with Crippen LogP contribution in [0.15, 0.2) is 0 Å². The molecule has 0 aromatic heterocycles. The molecule has 6 nitrogen and oxygen atoms in total. The van der Waals surface area contributed by atoms with Crippen molar-refractivity contribution in [2.24, 2.45) is 0 Å². The maximum absolute atomic E-state index is 12.2. The Morgan fingerprint density at radius 3 is 1.07 bits per heavy atom. The lowest BCUT2D eigenvalue weighted by Crippen LogP contribution is -2.43. The molecule has 0 heterocycles. The van der Waals surface area contributed by atoms with E-state index in [2.05, 4.69) is 27.7 Å². The van der Waals surface area contributed by atoms with Gasteiger partial charge in [0.15, 0.2) is 12.2 Å². The molecule has 2 unspecified atom stereocenters. The monoisotopic (exact) mass is 402 g/mol. The molecule has 2 atom stereocenters. The van der Waals surface area contributed by atoms with Crippen LogP contribution >= 0.6 is 0 Å². The highest BCUT2D eigenvalue weighted by molar-refractivity contribution is 5.85. The molecule has 2 N–H and O–H groups in total. The molecule has 0 aliphatic heterocycles. The number of ether oxygens (including phenoxy) is 2. The summed E-state index contributed by atoms with van der Waals surface area (Å²) in [5, 5.41) is 20.2. The lowest BCUT2D eigenvalue weighted by molar-refractivity contribution is -0.179. The van der Waals surface area contributed by atoms with Crippen LogP contribution in [0.25, 0.3) is 0 Å². The SMILES string of the molecule is CCCCC(CCCC)OC(=O)C(O)C(O)C(=O)OC(CCCC)CCCC. The normalized spacial score (nSPS) is 13.6. The predicted molar refractivity (Wildman–Crippen MR) is 110 cm³/mol. The molecule has 0 aliphatic rings. The second kappa shape index (κ2) is 16.8. The molecule has 0 aromatic carbocycles. The highest BCUT2D eigenvalue weighted by Crippen LogP contribution is 2.16. The highest BCUT2D eigenvalue weighted by Gasteiger charge is 2.35. The summed E-state index contributed by atoms with van der Waals surface area (Å²) < 4.78 is 10.7. The molecule has 0 fully saturated rings. The van der Waals surface area contributed by atoms with E-state index in [4.69, 9.17) is 9.47 Å². The van der Waals surface area contributed by atoms with E-state index in [1.165, 1.54) is 0 Å². The number of rotatable bonds is 17. The van der Waals surface area contributed by atoms with E-state index in [1.807, 2.05) is 0 Å². The number of hydrogen-bond acceptors (Lipinski definition) is 6. The van der Waals surface area contributed by atoms with Crippen molar-refractivity contribution < 1.29 is 29.3 Å². The van der Waals surface area contributed by atoms with Gasteiger partial charge in [-0.1, -0.05) is 79.1 Å². The van der Waals surface area contributed by atoms with Crippen LogP contribution in [0.1, 0.15) is 105 Å². The average molecular weight is 403 g/mol. The van der Waals surface area contributed by atoms with Gasteiger partial charge in [-0.15, -0.1) is 0 Å². The van der Waals surface area contributed by atoms with Crippen LogP contribution in [-0.2, 0) is 19.1 Å². The Labute approximate surface area is 171 Å². The van der Waals surface area contributed by atoms with E-state index in [0.717, 1.165) is 51.4 Å². The van der Waals surface area contributed by atoms with Crippen molar-refractivity contribution in [3.05, 3.63) is 0 Å². The molecule has 0 spiro atoms. The van der Waals surface area contributed by atoms with Crippen molar-refractivity contribution in [3.63, 3.8) is 0 Å². The third-order valence-corrected chi connectivity index (χ3v) is 4.87. The smallest absolute Gasteiger partial charge is 0.338 e. The minimum absolute atomic E-state index is 0.299. The van der Waals surface area contributed by atoms with Crippen molar-refractivity contribution in [1.29, 1.82) is 0 Å². The van der Waals surface area contributed by atoms with Crippen LogP contribution in [0.4, 0.5) is 0 Å². The molecule has 0 amide bonds. The summed E-state index contributed by atoms with van der Waals surface area (Å²) in [5.74, 6) is -1.92. The summed E-state index contributed by atoms with van der Waals surface area (Å²) in [4.78, 5) is 24.4. The van der Waals surface area contributed by atoms with Crippen LogP contribution in [0.3, 0.4) is 0 Å². The third-order valence-electron chi connectivity index (χ3n) is 4.87. The second-order valence-electron chi connectivity index (χ2n) is 7.58. The number of carbonyl (C=O) groups excluding carboxylic acids is 2. The van der Waals surface area contributed by atoms with Gasteiger partial charge in [0.05, 0.1) is 0 Å². The number of hydrogen-bond donors (Lipinski definition) is 2. The van der Waals surface area contributed by atoms with Gasteiger partial charge in [0.25, 0.3) is 0 Å². The van der Waals surface area contributed by atoms with Gasteiger partial charge in [0.2, 0.25) is 0 Å². The van der Waals surface area contributed by atoms with E-state index >= 15 is 0 Å². The Balaban J connectivity index is 4.72. The zero-order valence-corrected chi connectivity index (χ0v) is 18.3. The summed E-state index contributed by atoms with van der Waals surface area (Å²) in [6, 6.07) is 0. The molecule has 0 bridgehead atoms. The van der Waals surface area contributed by atoms with E-state index in [0.29, 0.717) is 25.7 Å². The number of esters is 2. The summed E-state index contributed by atoms with van der Waals surface area (Å²) in [5.41, 5.74) is 0. The minimum Gasteiger partial charge on any atom is -0.460 e. The van der Waals surface area contributed by atoms with E-state index in [-0.39, 0.29) is 12.2 Å². The van der Waals surface area contributed by atoms with Crippen LogP contribution in [-0.4, -0.2) is 46.6 Å². The van der Waals surface area contributed by atoms with Crippen LogP contribution in [0.5, 0.6) is 0 Å². The van der Waals surface area contributed by atoms with Crippen LogP contribution in [0.2, 0.25) is 0 Å². The van der Waals surface area contributed by atoms with Gasteiger partial charge in [0.1, 0.15) is 12.2 Å². The largest absolute Gasteiger partial charge is 0.460 e. The van der Waals surface area contributed by atoms with Crippen molar-refractivity contribution in [2.75, 3.05) is 0 Å². The van der Waals surface area contributed by atoms with Crippen molar-refractivity contribution in [2.45, 2.75) is 129 Å². The van der Waals surface area contributed by atoms with Crippen LogP contribution < -0.4 is 0 Å². The van der Waals surface area contributed by atoms with Gasteiger partial charge in [0, 0.05) is 0 Å². The maximum atomic E-state index is 12.2. The van der Waals surface area contributed by atoms with Crippen LogP contribution in [0, 0.1) is 0 Å². The molecule has 0 saturated carbocycles. The molecular formula is C22H42O6. The Kier molecular flexibility index (Phi) is 16.1. The number of aliphatic hydroxyl groups excluding tert-OH is 2. The Morgan fingerprint density at radius 1 is 0.607 bits per heavy atom. The van der Waals surface area contributed by atoms with Gasteiger partial charge in [-0.2, -0.15) is 0 Å². The van der Waals surface area contributed by atoms with Gasteiger partial charge in [-0.25, -0.2) is 9.59 Å². The molecule has 0 aromatic rings. The van der Waals surface area contributed by atoms with E-state index < -0.39 is 24.1 Å². The van der Waals surface area contributed by atoms with Gasteiger partial charge in [-0.3, -0.25) is 0 Å². The Hall–Kier alpha value is -1.14. The minimum atomic E-state index is -1.92. The fraction of sp³-hybridized carbons (Fsp3) is 0.909. The first-order chi connectivity index (χ1) is 13.4. The summed E-state index contributed by atoms with van der Waals surface area (Å²) in [6.07, 6.45) is 6.00. The van der Waals surface area contributed by atoms with Crippen molar-refractivity contribution >= 4 is 11.9 Å². The van der Waals surface area contributed by atoms with E-state index in [9.17, 15) is 19.8 Å². The summed E-state index contributed by atoms with van der Waals surface area (Å²) in [7, 11) is 0. The first kappa shape index (κ1) is 26.9. The van der Waals surface area contributed by atoms with Crippen molar-refractivity contribution in [3.8, 4) is 0 Å². The average Bonchev–Trinajstić information content (AvgIpc) is 2.70. The first-order valence-electron chi connectivity index (χ1n) is 11.2. The zero-order chi connectivity index (χ0) is 21.4. The lowest BCUT2D eigenvalue weighted by Gasteiger charge is -2.23. The first-order valence-corrected chi connectivity index (χ1v) is 11.2. The standard InChI is InChI=1S/C22H42O6/c1-5-9-13-17(14-10-6-2)27-21(25)19(23)20(24)22(26)28-18(15-11-7-3)16-12-8-4/h17-20,23-24H,5-16H2,1-4H3. The maximum Gasteiger partial charge on any atom is 0.338 e. The predicted octanol–water partition coefficient (Wildman–Crippen LogP) is 4.29. The molecule has 0 aliphatic carbocycles. The molecule has 0 saturated heterocycles. The van der Waals surface area contributed by atoms with Crippen molar-refractivity contribution in [1.82, 2.24) is 0 Å². The lowest BCUT2D eigenvalue weighted by atomic mass is 10.1. The Bertz CT molecular complexity index is 358. The molecule has 0 rings (SSSR count). The van der Waals surface area contributed by atoms with Gasteiger partial charge in [-0.05, 0) is 25.7 Å². The molecular weight excluding hydrogens is 360 g/mol. The number of aliphatic hydroxyl groups is 2. The topological polar surface area (TPSA) is 93.1 Å². The van der Waals surface area contributed by atoms with Gasteiger partial charge >= 0.3 is 11.9 Å². The molecule has 6 heteroatoms. The third kappa shape index (κ3) is 11.6. The number of unbranched alkanes of at least 4 members (excludes halogenated alkanes) is 4. The summed E-state index contributed by atoms with van der Waals surface area (Å²) in [6.45, 7) is 8.23. The molecule has 0 radical (unpaired) electrons. The second-order valence-corrected chi connectivity index (χ2v) is 7.58. The summed E-state index contributed by atoms with van der Waals surface area (Å²) >= 11 is 0. The Morgan fingerprint density at radius 2 is 0.857 bits per heavy atom. The number of carbonyl (C=O) groups is 2. The van der Waals surface area contributed by atoms with Gasteiger partial charge < -0.3 is 19.7 Å². The fourth-order valence-electron chi connectivity index (χ4n) is 2.98. The van der Waals surface area contributed by atoms with E-state index in [1.54, 1.807) is 0 Å². The zero-order valence-electron chi connectivity index (χ0n) is 18.3. The highest BCUT2D eigenvalue weighted by atomic mass is 16.6. The molecule has 28 heavy (non-hydrogen) atoms.